The molecule has 2 aliphatic heterocycles. The van der Waals surface area contributed by atoms with E-state index in [-0.39, 0.29) is 11.8 Å². The van der Waals surface area contributed by atoms with Crippen molar-refractivity contribution in [2.45, 2.75) is 52.4 Å². The zero-order valence-electron chi connectivity index (χ0n) is 21.9. The summed E-state index contributed by atoms with van der Waals surface area (Å²) >= 11 is 12.0. The van der Waals surface area contributed by atoms with Gasteiger partial charge in [-0.25, -0.2) is 0 Å². The predicted molar refractivity (Wildman–Crippen MR) is 148 cm³/mol. The number of hydrogen-bond acceptors (Lipinski definition) is 4. The maximum absolute atomic E-state index is 12.5. The van der Waals surface area contributed by atoms with Crippen LogP contribution in [-0.2, 0) is 14.3 Å². The summed E-state index contributed by atoms with van der Waals surface area (Å²) in [5, 5.41) is 0.976. The third-order valence-electron chi connectivity index (χ3n) is 5.70. The van der Waals surface area contributed by atoms with E-state index in [0.29, 0.717) is 16.6 Å². The van der Waals surface area contributed by atoms with Gasteiger partial charge in [0.25, 0.3) is 0 Å². The van der Waals surface area contributed by atoms with Gasteiger partial charge in [-0.15, -0.1) is 0 Å². The van der Waals surface area contributed by atoms with E-state index in [0.717, 1.165) is 24.4 Å². The van der Waals surface area contributed by atoms with Crippen molar-refractivity contribution in [3.8, 4) is 0 Å². The molecule has 1 aromatic carbocycles. The molecule has 0 radical (unpaired) electrons. The monoisotopic (exact) mass is 524 g/mol. The molecule has 35 heavy (non-hydrogen) atoms. The Balaban J connectivity index is 0.000000425. The van der Waals surface area contributed by atoms with E-state index in [1.165, 1.54) is 38.9 Å². The number of rotatable bonds is 9. The van der Waals surface area contributed by atoms with Gasteiger partial charge in [-0.05, 0) is 81.6 Å². The molecule has 2 fully saturated rings. The molecule has 0 saturated carbocycles. The quantitative estimate of drug-likeness (QED) is 0.196. The van der Waals surface area contributed by atoms with Crippen molar-refractivity contribution < 1.29 is 14.3 Å². The summed E-state index contributed by atoms with van der Waals surface area (Å²) in [6, 6.07) is 5.36. The molecule has 1 amide bonds. The summed E-state index contributed by atoms with van der Waals surface area (Å²) in [6.07, 6.45) is 13.9. The summed E-state index contributed by atoms with van der Waals surface area (Å²) in [5.41, 5.74) is 0.905. The second-order valence-electron chi connectivity index (χ2n) is 8.06. The standard InChI is InChI=1S/C18H19Cl2NO2.C8H17NO.C2H6/c1-3-5-14(23-2)6-4-10-21-11-9-15(18(21)22)13-7-8-16(19)17(20)12-13;1-10-8-4-7-9-5-2-3-6-9;1-2/h3-8,10,12,15H,9,11H2,1-2H3;2-8H2,1H3;1-2H3/b5-3-,10-4+,14-6+;;. The molecule has 3 rings (SSSR count). The zero-order valence-corrected chi connectivity index (χ0v) is 23.4. The van der Waals surface area contributed by atoms with Gasteiger partial charge >= 0.3 is 0 Å². The van der Waals surface area contributed by atoms with Crippen LogP contribution in [0, 0.1) is 0 Å². The first-order valence-electron chi connectivity index (χ1n) is 12.5. The molecule has 7 heteroatoms. The number of nitrogens with zero attached hydrogens (tertiary/aromatic N) is 2. The Bertz CT molecular complexity index is 833. The molecule has 1 atom stereocenters. The molecule has 196 valence electrons. The van der Waals surface area contributed by atoms with Crippen molar-refractivity contribution in [1.29, 1.82) is 0 Å². The molecule has 1 unspecified atom stereocenters. The van der Waals surface area contributed by atoms with Gasteiger partial charge in [-0.3, -0.25) is 4.79 Å². The first-order valence-corrected chi connectivity index (χ1v) is 13.3. The maximum atomic E-state index is 12.5. The number of hydrogen-bond donors (Lipinski definition) is 0. The Morgan fingerprint density at radius 1 is 1.11 bits per heavy atom. The number of ether oxygens (including phenoxy) is 2. The highest BCUT2D eigenvalue weighted by molar-refractivity contribution is 6.42. The van der Waals surface area contributed by atoms with Crippen molar-refractivity contribution in [3.05, 3.63) is 70.1 Å². The molecule has 0 aromatic heterocycles. The molecule has 0 N–H and O–H groups in total. The van der Waals surface area contributed by atoms with Gasteiger partial charge in [0.1, 0.15) is 5.76 Å². The molecule has 5 nitrogen and oxygen atoms in total. The van der Waals surface area contributed by atoms with E-state index >= 15 is 0 Å². The smallest absolute Gasteiger partial charge is 0.234 e. The van der Waals surface area contributed by atoms with Crippen molar-refractivity contribution >= 4 is 29.1 Å². The topological polar surface area (TPSA) is 42.0 Å². The molecule has 0 bridgehead atoms. The third-order valence-corrected chi connectivity index (χ3v) is 6.44. The summed E-state index contributed by atoms with van der Waals surface area (Å²) < 4.78 is 10.2. The van der Waals surface area contributed by atoms with Gasteiger partial charge in [-0.1, -0.05) is 49.2 Å². The summed E-state index contributed by atoms with van der Waals surface area (Å²) in [6.45, 7) is 11.4. The van der Waals surface area contributed by atoms with Crippen LogP contribution in [0.1, 0.15) is 57.9 Å². The van der Waals surface area contributed by atoms with Crippen LogP contribution in [0.5, 0.6) is 0 Å². The molecule has 2 heterocycles. The zero-order chi connectivity index (χ0) is 26.1. The average Bonchev–Trinajstić information content (AvgIpc) is 3.52. The fourth-order valence-electron chi connectivity index (χ4n) is 3.92. The summed E-state index contributed by atoms with van der Waals surface area (Å²) in [7, 11) is 3.38. The number of methoxy groups -OCH3 is 2. The van der Waals surface area contributed by atoms with E-state index in [2.05, 4.69) is 4.90 Å². The Kier molecular flexibility index (Phi) is 16.5. The van der Waals surface area contributed by atoms with Crippen LogP contribution in [0.15, 0.2) is 54.5 Å². The Hall–Kier alpha value is -1.79. The highest BCUT2D eigenvalue weighted by atomic mass is 35.5. The number of carbonyl (C=O) groups is 1. The van der Waals surface area contributed by atoms with E-state index in [1.807, 2.05) is 51.1 Å². The lowest BCUT2D eigenvalue weighted by Gasteiger charge is -2.12. The molecular weight excluding hydrogens is 483 g/mol. The molecular formula is C28H42Cl2N2O3. The van der Waals surface area contributed by atoms with Gasteiger partial charge < -0.3 is 19.3 Å². The van der Waals surface area contributed by atoms with Crippen molar-refractivity contribution in [3.63, 3.8) is 0 Å². The lowest BCUT2D eigenvalue weighted by atomic mass is 9.98. The maximum Gasteiger partial charge on any atom is 0.234 e. The van der Waals surface area contributed by atoms with Crippen LogP contribution < -0.4 is 0 Å². The normalized spacial score (nSPS) is 18.6. The Labute approximate surface area is 222 Å². The van der Waals surface area contributed by atoms with Crippen molar-refractivity contribution in [1.82, 2.24) is 9.80 Å². The van der Waals surface area contributed by atoms with Crippen LogP contribution in [0.3, 0.4) is 0 Å². The Morgan fingerprint density at radius 3 is 2.43 bits per heavy atom. The van der Waals surface area contributed by atoms with Gasteiger partial charge in [0, 0.05) is 33.0 Å². The number of carbonyl (C=O) groups excluding carboxylic acids is 1. The molecule has 1 aromatic rings. The lowest BCUT2D eigenvalue weighted by molar-refractivity contribution is -0.126. The Morgan fingerprint density at radius 2 is 1.83 bits per heavy atom. The van der Waals surface area contributed by atoms with Crippen molar-refractivity contribution in [2.24, 2.45) is 0 Å². The number of likely N-dealkylation sites (tertiary alicyclic amines) is 2. The predicted octanol–water partition coefficient (Wildman–Crippen LogP) is 7.07. The average molecular weight is 526 g/mol. The highest BCUT2D eigenvalue weighted by Crippen LogP contribution is 2.32. The summed E-state index contributed by atoms with van der Waals surface area (Å²) in [4.78, 5) is 16.7. The second-order valence-corrected chi connectivity index (χ2v) is 8.87. The molecule has 0 aliphatic carbocycles. The minimum atomic E-state index is -0.171. The van der Waals surface area contributed by atoms with E-state index in [9.17, 15) is 4.79 Å². The first-order chi connectivity index (χ1) is 17.0. The van der Waals surface area contributed by atoms with E-state index in [4.69, 9.17) is 32.7 Å². The first kappa shape index (κ1) is 31.2. The fraction of sp³-hybridized carbons (Fsp3) is 0.536. The number of benzene rings is 1. The van der Waals surface area contributed by atoms with Crippen LogP contribution >= 0.6 is 23.2 Å². The lowest BCUT2D eigenvalue weighted by Crippen LogP contribution is -2.21. The molecule has 2 aliphatic rings. The van der Waals surface area contributed by atoms with Crippen LogP contribution in [-0.4, -0.2) is 62.7 Å². The number of allylic oxidation sites excluding steroid dienone is 4. The van der Waals surface area contributed by atoms with E-state index in [1.54, 1.807) is 37.5 Å². The van der Waals surface area contributed by atoms with Crippen molar-refractivity contribution in [2.75, 3.05) is 47.0 Å². The van der Waals surface area contributed by atoms with Gasteiger partial charge in [0.2, 0.25) is 5.91 Å². The highest BCUT2D eigenvalue weighted by Gasteiger charge is 2.31. The van der Waals surface area contributed by atoms with Gasteiger partial charge in [-0.2, -0.15) is 0 Å². The van der Waals surface area contributed by atoms with E-state index < -0.39 is 0 Å². The summed E-state index contributed by atoms with van der Waals surface area (Å²) in [5.74, 6) is 0.630. The minimum Gasteiger partial charge on any atom is -0.497 e. The molecule has 2 saturated heterocycles. The second kappa shape index (κ2) is 18.5. The largest absolute Gasteiger partial charge is 0.497 e. The van der Waals surface area contributed by atoms with Gasteiger partial charge in [0.15, 0.2) is 0 Å². The molecule has 0 spiro atoms. The fourth-order valence-corrected chi connectivity index (χ4v) is 4.23. The van der Waals surface area contributed by atoms with Crippen LogP contribution in [0.4, 0.5) is 0 Å². The SMILES string of the molecule is CC.COCCCN1CCCC1.C\C=C/C(=C\C=C\N1CCC(c2ccc(Cl)c(Cl)c2)C1=O)OC. The number of halogens is 2. The van der Waals surface area contributed by atoms with Gasteiger partial charge in [0.05, 0.1) is 23.1 Å². The third kappa shape index (κ3) is 11.2. The van der Waals surface area contributed by atoms with Crippen LogP contribution in [0.25, 0.3) is 0 Å². The number of amides is 1. The minimum absolute atomic E-state index is 0.0676. The van der Waals surface area contributed by atoms with Crippen LogP contribution in [0.2, 0.25) is 10.0 Å².